The molecule has 0 saturated heterocycles. The smallest absolute Gasteiger partial charge is 0.302 e. The Morgan fingerprint density at radius 1 is 0.871 bits per heavy atom. The Morgan fingerprint density at radius 2 is 1.52 bits per heavy atom. The van der Waals surface area contributed by atoms with Crippen LogP contribution in [-0.4, -0.2) is 36.2 Å². The summed E-state index contributed by atoms with van der Waals surface area (Å²) in [6.07, 6.45) is 8.09. The first-order valence-electron chi connectivity index (χ1n) is 11.8. The molecule has 0 N–H and O–H groups in total. The van der Waals surface area contributed by atoms with Gasteiger partial charge in [0, 0.05) is 44.4 Å². The molecule has 0 unspecified atom stereocenters. The predicted octanol–water partition coefficient (Wildman–Crippen LogP) is 4.35. The molecule has 8 atom stereocenters. The highest BCUT2D eigenvalue weighted by Gasteiger charge is 2.62. The molecule has 0 spiro atoms. The molecule has 0 aromatic rings. The molecular weight excluding hydrogens is 396 g/mol. The summed E-state index contributed by atoms with van der Waals surface area (Å²) >= 11 is 0. The van der Waals surface area contributed by atoms with Crippen molar-refractivity contribution < 1.29 is 28.6 Å². The molecule has 0 aliphatic heterocycles. The molecule has 6 nitrogen and oxygen atoms in total. The molecule has 4 aliphatic rings. The van der Waals surface area contributed by atoms with Crippen LogP contribution in [0.3, 0.4) is 0 Å². The lowest BCUT2D eigenvalue weighted by Crippen LogP contribution is -2.57. The second-order valence-electron chi connectivity index (χ2n) is 10.6. The topological polar surface area (TPSA) is 78.9 Å². The van der Waals surface area contributed by atoms with Gasteiger partial charge in [0.25, 0.3) is 0 Å². The van der Waals surface area contributed by atoms with Crippen LogP contribution in [0.5, 0.6) is 0 Å². The molecule has 4 aliphatic carbocycles. The summed E-state index contributed by atoms with van der Waals surface area (Å²) in [5, 5.41) is 0. The standard InChI is InChI=1S/C25H36O6/c1-14(26)29-18-12-17-6-7-19-20-8-9-22(30-15(2)27)24(20,4)11-10-21(19)25(17,5)23(13-18)31-16(3)28/h6,18-23H,7-13H2,1-5H3/t18-,19+,20+,21+,22+,23+,24+,25+/m1/s1. The normalized spacial score (nSPS) is 43.6. The van der Waals surface area contributed by atoms with E-state index in [0.717, 1.165) is 38.5 Å². The average molecular weight is 433 g/mol. The minimum Gasteiger partial charge on any atom is -0.462 e. The van der Waals surface area contributed by atoms with Crippen LogP contribution in [0, 0.1) is 28.6 Å². The number of fused-ring (bicyclic) bond motifs is 5. The summed E-state index contributed by atoms with van der Waals surface area (Å²) in [5.74, 6) is 0.619. The molecule has 0 aromatic heterocycles. The van der Waals surface area contributed by atoms with Gasteiger partial charge in [-0.15, -0.1) is 0 Å². The molecule has 3 fully saturated rings. The Balaban J connectivity index is 1.65. The number of rotatable bonds is 3. The van der Waals surface area contributed by atoms with Crippen LogP contribution in [-0.2, 0) is 28.6 Å². The maximum Gasteiger partial charge on any atom is 0.302 e. The van der Waals surface area contributed by atoms with Crippen molar-refractivity contribution in [3.63, 3.8) is 0 Å². The quantitative estimate of drug-likeness (QED) is 0.375. The Labute approximate surface area is 185 Å². The van der Waals surface area contributed by atoms with Gasteiger partial charge in [-0.3, -0.25) is 14.4 Å². The van der Waals surface area contributed by atoms with Gasteiger partial charge in [-0.1, -0.05) is 25.5 Å². The number of allylic oxidation sites excluding steroid dienone is 1. The summed E-state index contributed by atoms with van der Waals surface area (Å²) < 4.78 is 17.2. The van der Waals surface area contributed by atoms with E-state index in [0.29, 0.717) is 24.2 Å². The van der Waals surface area contributed by atoms with Crippen molar-refractivity contribution in [2.24, 2.45) is 28.6 Å². The molecule has 6 heteroatoms. The summed E-state index contributed by atoms with van der Waals surface area (Å²) in [6, 6.07) is 0. The fourth-order valence-electron chi connectivity index (χ4n) is 7.70. The zero-order valence-electron chi connectivity index (χ0n) is 19.4. The summed E-state index contributed by atoms with van der Waals surface area (Å²) in [7, 11) is 0. The number of hydrogen-bond acceptors (Lipinski definition) is 6. The van der Waals surface area contributed by atoms with E-state index < -0.39 is 0 Å². The van der Waals surface area contributed by atoms with Crippen LogP contribution in [0.1, 0.15) is 79.6 Å². The van der Waals surface area contributed by atoms with Crippen LogP contribution >= 0.6 is 0 Å². The third-order valence-electron chi connectivity index (χ3n) is 8.99. The Bertz CT molecular complexity index is 802. The third-order valence-corrected chi connectivity index (χ3v) is 8.99. The zero-order valence-corrected chi connectivity index (χ0v) is 19.4. The number of ether oxygens (including phenoxy) is 3. The van der Waals surface area contributed by atoms with Crippen molar-refractivity contribution in [2.45, 2.75) is 97.9 Å². The van der Waals surface area contributed by atoms with E-state index in [4.69, 9.17) is 14.2 Å². The van der Waals surface area contributed by atoms with Crippen molar-refractivity contribution in [1.29, 1.82) is 0 Å². The van der Waals surface area contributed by atoms with E-state index in [-0.39, 0.29) is 47.0 Å². The Morgan fingerprint density at radius 3 is 2.16 bits per heavy atom. The number of hydrogen-bond donors (Lipinski definition) is 0. The second-order valence-corrected chi connectivity index (χ2v) is 10.6. The molecule has 3 saturated carbocycles. The van der Waals surface area contributed by atoms with Gasteiger partial charge in [-0.2, -0.15) is 0 Å². The Kier molecular flexibility index (Phi) is 5.72. The maximum atomic E-state index is 12.0. The van der Waals surface area contributed by atoms with Gasteiger partial charge in [0.2, 0.25) is 0 Å². The third kappa shape index (κ3) is 3.70. The van der Waals surface area contributed by atoms with Crippen molar-refractivity contribution in [1.82, 2.24) is 0 Å². The van der Waals surface area contributed by atoms with E-state index in [9.17, 15) is 14.4 Å². The fraction of sp³-hybridized carbons (Fsp3) is 0.800. The number of carbonyl (C=O) groups is 3. The van der Waals surface area contributed by atoms with Gasteiger partial charge < -0.3 is 14.2 Å². The minimum absolute atomic E-state index is 0.00176. The fourth-order valence-corrected chi connectivity index (χ4v) is 7.70. The second kappa shape index (κ2) is 7.93. The first-order valence-corrected chi connectivity index (χ1v) is 11.8. The largest absolute Gasteiger partial charge is 0.462 e. The highest BCUT2D eigenvalue weighted by Crippen LogP contribution is 2.65. The van der Waals surface area contributed by atoms with Gasteiger partial charge in [-0.05, 0) is 49.9 Å². The maximum absolute atomic E-state index is 12.0. The molecule has 0 bridgehead atoms. The molecule has 0 amide bonds. The zero-order chi connectivity index (χ0) is 22.6. The van der Waals surface area contributed by atoms with E-state index in [2.05, 4.69) is 19.9 Å². The van der Waals surface area contributed by atoms with Gasteiger partial charge in [0.15, 0.2) is 0 Å². The molecule has 0 heterocycles. The Hall–Kier alpha value is -1.85. The van der Waals surface area contributed by atoms with E-state index in [1.54, 1.807) is 0 Å². The van der Waals surface area contributed by atoms with Crippen LogP contribution in [0.25, 0.3) is 0 Å². The molecule has 0 aromatic carbocycles. The average Bonchev–Trinajstić information content (AvgIpc) is 2.98. The van der Waals surface area contributed by atoms with Crippen molar-refractivity contribution in [3.05, 3.63) is 11.6 Å². The van der Waals surface area contributed by atoms with Gasteiger partial charge in [0.1, 0.15) is 18.3 Å². The van der Waals surface area contributed by atoms with Crippen molar-refractivity contribution in [3.8, 4) is 0 Å². The lowest BCUT2D eigenvalue weighted by atomic mass is 9.47. The van der Waals surface area contributed by atoms with E-state index >= 15 is 0 Å². The monoisotopic (exact) mass is 432 g/mol. The molecular formula is C25H36O6. The predicted molar refractivity (Wildman–Crippen MR) is 114 cm³/mol. The molecule has 0 radical (unpaired) electrons. The number of carbonyl (C=O) groups excluding carboxylic acids is 3. The van der Waals surface area contributed by atoms with E-state index in [1.807, 2.05) is 0 Å². The summed E-state index contributed by atoms with van der Waals surface area (Å²) in [5.41, 5.74) is 1.04. The van der Waals surface area contributed by atoms with Gasteiger partial charge in [-0.25, -0.2) is 0 Å². The van der Waals surface area contributed by atoms with E-state index in [1.165, 1.54) is 26.3 Å². The van der Waals surface area contributed by atoms with Crippen molar-refractivity contribution in [2.75, 3.05) is 0 Å². The summed E-state index contributed by atoms with van der Waals surface area (Å²) in [6.45, 7) is 8.96. The lowest BCUT2D eigenvalue weighted by Gasteiger charge is -2.59. The lowest BCUT2D eigenvalue weighted by molar-refractivity contribution is -0.174. The van der Waals surface area contributed by atoms with Crippen molar-refractivity contribution >= 4 is 17.9 Å². The van der Waals surface area contributed by atoms with Gasteiger partial charge in [0.05, 0.1) is 0 Å². The van der Waals surface area contributed by atoms with Crippen LogP contribution in [0.4, 0.5) is 0 Å². The van der Waals surface area contributed by atoms with Crippen LogP contribution in [0.15, 0.2) is 11.6 Å². The van der Waals surface area contributed by atoms with Crippen LogP contribution < -0.4 is 0 Å². The molecule has 31 heavy (non-hydrogen) atoms. The first-order chi connectivity index (χ1) is 14.6. The molecule has 172 valence electrons. The summed E-state index contributed by atoms with van der Waals surface area (Å²) in [4.78, 5) is 35.3. The highest BCUT2D eigenvalue weighted by molar-refractivity contribution is 5.67. The number of esters is 3. The van der Waals surface area contributed by atoms with Gasteiger partial charge >= 0.3 is 17.9 Å². The minimum atomic E-state index is -0.294. The first kappa shape index (κ1) is 22.3. The SMILES string of the molecule is CC(=O)O[C@@H]1CC2=CC[C@H]3[C@@H]4CC[C@H](OC(C)=O)[C@@]4(C)CC[C@@H]3[C@@]2(C)[C@@H](OC(C)=O)C1. The molecule has 4 rings (SSSR count). The van der Waals surface area contributed by atoms with Crippen LogP contribution in [0.2, 0.25) is 0 Å². The highest BCUT2D eigenvalue weighted by atomic mass is 16.6.